The highest BCUT2D eigenvalue weighted by Gasteiger charge is 2.27. The van der Waals surface area contributed by atoms with Crippen molar-refractivity contribution in [1.29, 1.82) is 0 Å². The fourth-order valence-electron chi connectivity index (χ4n) is 3.50. The van der Waals surface area contributed by atoms with Crippen molar-refractivity contribution < 1.29 is 14.3 Å². The summed E-state index contributed by atoms with van der Waals surface area (Å²) in [6.45, 7) is 5.77. The Morgan fingerprint density at radius 1 is 1.36 bits per heavy atom. The molecule has 4 rings (SSSR count). The van der Waals surface area contributed by atoms with E-state index in [1.54, 1.807) is 0 Å². The lowest BCUT2D eigenvalue weighted by Crippen LogP contribution is -2.18. The van der Waals surface area contributed by atoms with Crippen molar-refractivity contribution in [2.24, 2.45) is 5.92 Å². The van der Waals surface area contributed by atoms with Crippen LogP contribution < -0.4 is 5.73 Å². The normalized spacial score (nSPS) is 18.0. The molecule has 3 heterocycles. The van der Waals surface area contributed by atoms with E-state index in [0.29, 0.717) is 35.7 Å². The van der Waals surface area contributed by atoms with Gasteiger partial charge in [-0.15, -0.1) is 0 Å². The summed E-state index contributed by atoms with van der Waals surface area (Å²) in [6.07, 6.45) is 3.00. The molecule has 0 bridgehead atoms. The maximum absolute atomic E-state index is 12.9. The number of hydrogen-bond donors (Lipinski definition) is 1. The molecule has 0 amide bonds. The smallest absolute Gasteiger partial charge is 0.344 e. The lowest BCUT2D eigenvalue weighted by atomic mass is 10.1. The molecule has 1 aliphatic heterocycles. The van der Waals surface area contributed by atoms with Gasteiger partial charge in [0.05, 0.1) is 30.3 Å². The Morgan fingerprint density at radius 3 is 2.79 bits per heavy atom. The van der Waals surface area contributed by atoms with E-state index in [0.717, 1.165) is 36.9 Å². The molecule has 2 unspecified atom stereocenters. The molecule has 2 aromatic heterocycles. The molecule has 7 nitrogen and oxygen atoms in total. The average molecular weight is 382 g/mol. The highest BCUT2D eigenvalue weighted by molar-refractivity contribution is 6.08. The standard InChI is InChI=1S/C21H26N4O3/c1-3-13(2)12-28-21(26)17-18-20(24-16-9-5-4-8-15(16)23-18)25(19(17)22)11-14-7-6-10-27-14/h4-5,8-9,13-14H,3,6-7,10-12,22H2,1-2H3. The molecule has 1 aliphatic rings. The minimum atomic E-state index is -0.446. The maximum Gasteiger partial charge on any atom is 0.344 e. The number of fused-ring (bicyclic) bond motifs is 2. The molecular weight excluding hydrogens is 356 g/mol. The van der Waals surface area contributed by atoms with Gasteiger partial charge in [0.15, 0.2) is 5.65 Å². The van der Waals surface area contributed by atoms with Crippen LogP contribution in [0.25, 0.3) is 22.2 Å². The lowest BCUT2D eigenvalue weighted by molar-refractivity contribution is 0.0450. The lowest BCUT2D eigenvalue weighted by Gasteiger charge is -2.13. The number of nitrogens with two attached hydrogens (primary N) is 1. The van der Waals surface area contributed by atoms with Gasteiger partial charge in [-0.2, -0.15) is 0 Å². The monoisotopic (exact) mass is 382 g/mol. The number of carbonyl (C=O) groups is 1. The molecule has 2 N–H and O–H groups in total. The van der Waals surface area contributed by atoms with E-state index in [2.05, 4.69) is 6.92 Å². The molecule has 28 heavy (non-hydrogen) atoms. The van der Waals surface area contributed by atoms with E-state index in [1.807, 2.05) is 35.8 Å². The summed E-state index contributed by atoms with van der Waals surface area (Å²) in [6, 6.07) is 7.60. The van der Waals surface area contributed by atoms with Crippen LogP contribution in [0.5, 0.6) is 0 Å². The molecule has 1 aromatic carbocycles. The van der Waals surface area contributed by atoms with Crippen molar-refractivity contribution in [2.75, 3.05) is 18.9 Å². The molecule has 148 valence electrons. The second-order valence-corrected chi connectivity index (χ2v) is 7.50. The topological polar surface area (TPSA) is 92.3 Å². The molecule has 0 aliphatic carbocycles. The molecule has 0 spiro atoms. The molecule has 3 aromatic rings. The summed E-state index contributed by atoms with van der Waals surface area (Å²) in [5, 5.41) is 0. The second-order valence-electron chi connectivity index (χ2n) is 7.50. The number of nitrogen functional groups attached to an aromatic ring is 1. The fraction of sp³-hybridized carbons (Fsp3) is 0.476. The summed E-state index contributed by atoms with van der Waals surface area (Å²) < 4.78 is 13.2. The van der Waals surface area contributed by atoms with Crippen molar-refractivity contribution >= 4 is 34.0 Å². The molecule has 1 fully saturated rings. The van der Waals surface area contributed by atoms with Crippen molar-refractivity contribution in [2.45, 2.75) is 45.8 Å². The third-order valence-corrected chi connectivity index (χ3v) is 5.40. The number of para-hydroxylation sites is 2. The molecular formula is C21H26N4O3. The third kappa shape index (κ3) is 3.42. The number of anilines is 1. The number of esters is 1. The van der Waals surface area contributed by atoms with E-state index < -0.39 is 5.97 Å². The number of ether oxygens (including phenoxy) is 2. The fourth-order valence-corrected chi connectivity index (χ4v) is 3.50. The first kappa shape index (κ1) is 18.7. The number of rotatable bonds is 6. The second kappa shape index (κ2) is 7.75. The summed E-state index contributed by atoms with van der Waals surface area (Å²) in [5.41, 5.74) is 9.30. The minimum Gasteiger partial charge on any atom is -0.462 e. The summed E-state index contributed by atoms with van der Waals surface area (Å²) in [4.78, 5) is 22.3. The molecule has 2 atom stereocenters. The van der Waals surface area contributed by atoms with Crippen LogP contribution in [0.2, 0.25) is 0 Å². The molecule has 0 saturated carbocycles. The summed E-state index contributed by atoms with van der Waals surface area (Å²) >= 11 is 0. The van der Waals surface area contributed by atoms with Gasteiger partial charge in [0.2, 0.25) is 0 Å². The zero-order chi connectivity index (χ0) is 19.7. The van der Waals surface area contributed by atoms with Gasteiger partial charge in [-0.3, -0.25) is 0 Å². The van der Waals surface area contributed by atoms with Crippen LogP contribution in [0.3, 0.4) is 0 Å². The number of hydrogen-bond acceptors (Lipinski definition) is 6. The summed E-state index contributed by atoms with van der Waals surface area (Å²) in [5.74, 6) is 0.186. The first-order chi connectivity index (χ1) is 13.6. The Morgan fingerprint density at radius 2 is 2.11 bits per heavy atom. The SMILES string of the molecule is CCC(C)COC(=O)c1c(N)n(CC2CCCO2)c2nc3ccccc3nc12. The molecule has 7 heteroatoms. The first-order valence-electron chi connectivity index (χ1n) is 9.91. The van der Waals surface area contributed by atoms with Crippen LogP contribution >= 0.6 is 0 Å². The molecule has 1 saturated heterocycles. The Labute approximate surface area is 163 Å². The zero-order valence-electron chi connectivity index (χ0n) is 16.4. The highest BCUT2D eigenvalue weighted by Crippen LogP contribution is 2.30. The Hall–Kier alpha value is -2.67. The van der Waals surface area contributed by atoms with Gasteiger partial charge in [-0.1, -0.05) is 32.4 Å². The Bertz CT molecular complexity index is 1010. The predicted molar refractivity (Wildman–Crippen MR) is 108 cm³/mol. The van der Waals surface area contributed by atoms with Crippen molar-refractivity contribution in [3.05, 3.63) is 29.8 Å². The van der Waals surface area contributed by atoms with Crippen LogP contribution in [0, 0.1) is 5.92 Å². The quantitative estimate of drug-likeness (QED) is 0.656. The van der Waals surface area contributed by atoms with Gasteiger partial charge in [0, 0.05) is 6.61 Å². The maximum atomic E-state index is 12.9. The summed E-state index contributed by atoms with van der Waals surface area (Å²) in [7, 11) is 0. The molecule has 0 radical (unpaired) electrons. The van der Waals surface area contributed by atoms with Gasteiger partial charge in [0.25, 0.3) is 0 Å². The zero-order valence-corrected chi connectivity index (χ0v) is 16.4. The number of benzene rings is 1. The van der Waals surface area contributed by atoms with E-state index in [9.17, 15) is 4.79 Å². The van der Waals surface area contributed by atoms with Gasteiger partial charge < -0.3 is 19.8 Å². The van der Waals surface area contributed by atoms with Crippen LogP contribution in [0.15, 0.2) is 24.3 Å². The Balaban J connectivity index is 1.81. The van der Waals surface area contributed by atoms with Crippen LogP contribution in [0.1, 0.15) is 43.5 Å². The van der Waals surface area contributed by atoms with Gasteiger partial charge in [-0.05, 0) is 30.9 Å². The number of nitrogens with zero attached hydrogens (tertiary/aromatic N) is 3. The van der Waals surface area contributed by atoms with Crippen molar-refractivity contribution in [3.63, 3.8) is 0 Å². The first-order valence-corrected chi connectivity index (χ1v) is 9.91. The third-order valence-electron chi connectivity index (χ3n) is 5.40. The van der Waals surface area contributed by atoms with Gasteiger partial charge in [0.1, 0.15) is 16.9 Å². The van der Waals surface area contributed by atoms with E-state index in [1.165, 1.54) is 0 Å². The van der Waals surface area contributed by atoms with Crippen LogP contribution in [-0.4, -0.2) is 39.8 Å². The average Bonchev–Trinajstić information content (AvgIpc) is 3.31. The van der Waals surface area contributed by atoms with Crippen LogP contribution in [0.4, 0.5) is 5.82 Å². The highest BCUT2D eigenvalue weighted by atomic mass is 16.5. The predicted octanol–water partition coefficient (Wildman–Crippen LogP) is 3.55. The number of carbonyl (C=O) groups excluding carboxylic acids is 1. The largest absolute Gasteiger partial charge is 0.462 e. The minimum absolute atomic E-state index is 0.0650. The van der Waals surface area contributed by atoms with Crippen LogP contribution in [-0.2, 0) is 16.0 Å². The van der Waals surface area contributed by atoms with Crippen molar-refractivity contribution in [1.82, 2.24) is 14.5 Å². The Kier molecular flexibility index (Phi) is 5.17. The van der Waals surface area contributed by atoms with Gasteiger partial charge >= 0.3 is 5.97 Å². The van der Waals surface area contributed by atoms with Crippen molar-refractivity contribution in [3.8, 4) is 0 Å². The van der Waals surface area contributed by atoms with E-state index >= 15 is 0 Å². The van der Waals surface area contributed by atoms with E-state index in [-0.39, 0.29) is 12.0 Å². The van der Waals surface area contributed by atoms with E-state index in [4.69, 9.17) is 25.2 Å². The van der Waals surface area contributed by atoms with Gasteiger partial charge in [-0.25, -0.2) is 14.8 Å². The number of aromatic nitrogens is 3.